The zero-order chi connectivity index (χ0) is 21.8. The number of allylic oxidation sites excluding steroid dienone is 1. The standard InChI is InChI=1S/C23H24ClN3O3/c1-13-7-9-17(10-8-13)26-23(30)18-11-16(22(29)25-15(18)3)12-21(28)27-20-6-4-5-19(24)14(20)2/h4-10,16H,11-12H2,1-3H3,(H,25,29)(H,26,30)(H,27,28). The first-order chi connectivity index (χ1) is 14.2. The fourth-order valence-electron chi connectivity index (χ4n) is 3.29. The van der Waals surface area contributed by atoms with Gasteiger partial charge >= 0.3 is 0 Å². The predicted molar refractivity (Wildman–Crippen MR) is 118 cm³/mol. The first-order valence-corrected chi connectivity index (χ1v) is 10.1. The molecule has 0 spiro atoms. The third-order valence-electron chi connectivity index (χ3n) is 5.14. The van der Waals surface area contributed by atoms with Gasteiger partial charge in [-0.25, -0.2) is 0 Å². The Balaban J connectivity index is 1.67. The van der Waals surface area contributed by atoms with E-state index >= 15 is 0 Å². The molecule has 156 valence electrons. The van der Waals surface area contributed by atoms with Gasteiger partial charge in [0.1, 0.15) is 0 Å². The summed E-state index contributed by atoms with van der Waals surface area (Å²) in [5, 5.41) is 8.92. The lowest BCUT2D eigenvalue weighted by Gasteiger charge is -2.25. The Hall–Kier alpha value is -3.12. The highest BCUT2D eigenvalue weighted by Crippen LogP contribution is 2.27. The molecule has 0 aromatic heterocycles. The van der Waals surface area contributed by atoms with Crippen LogP contribution in [0.3, 0.4) is 0 Å². The van der Waals surface area contributed by atoms with Crippen molar-refractivity contribution >= 4 is 40.7 Å². The molecule has 2 aromatic carbocycles. The number of rotatable bonds is 5. The van der Waals surface area contributed by atoms with Gasteiger partial charge in [0.15, 0.2) is 0 Å². The molecule has 3 amide bonds. The Morgan fingerprint density at radius 1 is 1.07 bits per heavy atom. The maximum Gasteiger partial charge on any atom is 0.253 e. The number of nitrogens with one attached hydrogen (secondary N) is 3. The predicted octanol–water partition coefficient (Wildman–Crippen LogP) is 4.33. The molecule has 1 unspecified atom stereocenters. The summed E-state index contributed by atoms with van der Waals surface area (Å²) in [5.74, 6) is -1.49. The van der Waals surface area contributed by atoms with E-state index in [1.54, 1.807) is 25.1 Å². The van der Waals surface area contributed by atoms with Gasteiger partial charge in [0.05, 0.1) is 5.92 Å². The number of benzene rings is 2. The zero-order valence-electron chi connectivity index (χ0n) is 17.1. The van der Waals surface area contributed by atoms with Gasteiger partial charge in [-0.05, 0) is 57.0 Å². The fourth-order valence-corrected chi connectivity index (χ4v) is 3.47. The van der Waals surface area contributed by atoms with Crippen LogP contribution in [0.15, 0.2) is 53.7 Å². The van der Waals surface area contributed by atoms with Gasteiger partial charge < -0.3 is 16.0 Å². The fraction of sp³-hybridized carbons (Fsp3) is 0.261. The van der Waals surface area contributed by atoms with Crippen molar-refractivity contribution in [3.8, 4) is 0 Å². The average molecular weight is 426 g/mol. The zero-order valence-corrected chi connectivity index (χ0v) is 17.9. The summed E-state index contributed by atoms with van der Waals surface area (Å²) in [4.78, 5) is 37.7. The van der Waals surface area contributed by atoms with E-state index in [-0.39, 0.29) is 30.6 Å². The van der Waals surface area contributed by atoms with Crippen LogP contribution in [0.1, 0.15) is 30.9 Å². The molecular formula is C23H24ClN3O3. The molecule has 0 aliphatic carbocycles. The molecule has 3 N–H and O–H groups in total. The van der Waals surface area contributed by atoms with Crippen molar-refractivity contribution < 1.29 is 14.4 Å². The van der Waals surface area contributed by atoms with E-state index in [1.807, 2.05) is 38.1 Å². The number of carbonyl (C=O) groups is 3. The molecule has 6 nitrogen and oxygen atoms in total. The Labute approximate surface area is 180 Å². The third kappa shape index (κ3) is 5.07. The number of aryl methyl sites for hydroxylation is 1. The molecule has 0 saturated carbocycles. The summed E-state index contributed by atoms with van der Waals surface area (Å²) in [5.41, 5.74) is 4.10. The Bertz CT molecular complexity index is 1030. The van der Waals surface area contributed by atoms with Crippen LogP contribution in [0.4, 0.5) is 11.4 Å². The molecule has 0 saturated heterocycles. The minimum Gasteiger partial charge on any atom is -0.329 e. The quantitative estimate of drug-likeness (QED) is 0.666. The maximum atomic E-state index is 12.7. The molecule has 0 radical (unpaired) electrons. The molecule has 0 bridgehead atoms. The van der Waals surface area contributed by atoms with Crippen molar-refractivity contribution in [2.75, 3.05) is 10.6 Å². The van der Waals surface area contributed by atoms with E-state index in [1.165, 1.54) is 0 Å². The molecule has 2 aromatic rings. The minimum absolute atomic E-state index is 0.0353. The number of amides is 3. The molecule has 30 heavy (non-hydrogen) atoms. The molecule has 1 aliphatic heterocycles. The number of halogens is 1. The third-order valence-corrected chi connectivity index (χ3v) is 5.55. The second-order valence-electron chi connectivity index (χ2n) is 7.48. The van der Waals surface area contributed by atoms with Gasteiger partial charge in [-0.2, -0.15) is 0 Å². The molecule has 3 rings (SSSR count). The lowest BCUT2D eigenvalue weighted by molar-refractivity contribution is -0.128. The van der Waals surface area contributed by atoms with Gasteiger partial charge in [0, 0.05) is 34.1 Å². The number of anilines is 2. The van der Waals surface area contributed by atoms with E-state index in [0.717, 1.165) is 11.1 Å². The van der Waals surface area contributed by atoms with Crippen molar-refractivity contribution in [1.82, 2.24) is 5.32 Å². The number of carbonyl (C=O) groups excluding carboxylic acids is 3. The van der Waals surface area contributed by atoms with E-state index in [9.17, 15) is 14.4 Å². The van der Waals surface area contributed by atoms with Crippen molar-refractivity contribution in [1.29, 1.82) is 0 Å². The molecule has 0 fully saturated rings. The highest BCUT2D eigenvalue weighted by Gasteiger charge is 2.31. The number of hydrogen-bond donors (Lipinski definition) is 3. The van der Waals surface area contributed by atoms with Crippen LogP contribution >= 0.6 is 11.6 Å². The summed E-state index contributed by atoms with van der Waals surface area (Å²) >= 11 is 6.09. The van der Waals surface area contributed by atoms with Gasteiger partial charge in [-0.15, -0.1) is 0 Å². The molecule has 1 heterocycles. The summed E-state index contributed by atoms with van der Waals surface area (Å²) < 4.78 is 0. The Kier molecular flexibility index (Phi) is 6.57. The van der Waals surface area contributed by atoms with Crippen LogP contribution in [0, 0.1) is 19.8 Å². The average Bonchev–Trinajstić information content (AvgIpc) is 2.69. The second kappa shape index (κ2) is 9.13. The largest absolute Gasteiger partial charge is 0.329 e. The van der Waals surface area contributed by atoms with E-state index in [0.29, 0.717) is 27.7 Å². The van der Waals surface area contributed by atoms with Crippen LogP contribution in [-0.2, 0) is 14.4 Å². The van der Waals surface area contributed by atoms with Crippen LogP contribution in [0.5, 0.6) is 0 Å². The summed E-state index contributed by atoms with van der Waals surface area (Å²) in [6, 6.07) is 12.7. The summed E-state index contributed by atoms with van der Waals surface area (Å²) in [7, 11) is 0. The van der Waals surface area contributed by atoms with Crippen molar-refractivity contribution in [3.63, 3.8) is 0 Å². The van der Waals surface area contributed by atoms with Crippen molar-refractivity contribution in [2.45, 2.75) is 33.6 Å². The van der Waals surface area contributed by atoms with Gasteiger partial charge in [0.25, 0.3) is 5.91 Å². The minimum atomic E-state index is -0.632. The first kappa shape index (κ1) is 21.6. The SMILES string of the molecule is CC1=C(C(=O)Nc2ccc(C)cc2)CC(CC(=O)Nc2cccc(Cl)c2C)C(=O)N1. The monoisotopic (exact) mass is 425 g/mol. The van der Waals surface area contributed by atoms with Crippen molar-refractivity contribution in [2.24, 2.45) is 5.92 Å². The van der Waals surface area contributed by atoms with Crippen molar-refractivity contribution in [3.05, 3.63) is 69.9 Å². The lowest BCUT2D eigenvalue weighted by atomic mass is 9.90. The van der Waals surface area contributed by atoms with Crippen LogP contribution < -0.4 is 16.0 Å². The van der Waals surface area contributed by atoms with Gasteiger partial charge in [0.2, 0.25) is 11.8 Å². The normalized spacial score (nSPS) is 16.1. The van der Waals surface area contributed by atoms with E-state index in [2.05, 4.69) is 16.0 Å². The Morgan fingerprint density at radius 3 is 2.47 bits per heavy atom. The Morgan fingerprint density at radius 2 is 1.77 bits per heavy atom. The second-order valence-corrected chi connectivity index (χ2v) is 7.89. The number of hydrogen-bond acceptors (Lipinski definition) is 3. The van der Waals surface area contributed by atoms with Crippen LogP contribution in [0.25, 0.3) is 0 Å². The first-order valence-electron chi connectivity index (χ1n) is 9.68. The highest BCUT2D eigenvalue weighted by atomic mass is 35.5. The molecular weight excluding hydrogens is 402 g/mol. The molecule has 7 heteroatoms. The van der Waals surface area contributed by atoms with Crippen LogP contribution in [0.2, 0.25) is 5.02 Å². The maximum absolute atomic E-state index is 12.7. The summed E-state index contributed by atoms with van der Waals surface area (Å²) in [6.45, 7) is 5.47. The van der Waals surface area contributed by atoms with Gasteiger partial charge in [-0.1, -0.05) is 35.4 Å². The van der Waals surface area contributed by atoms with Gasteiger partial charge in [-0.3, -0.25) is 14.4 Å². The molecule has 1 aliphatic rings. The smallest absolute Gasteiger partial charge is 0.253 e. The molecule has 1 atom stereocenters. The van der Waals surface area contributed by atoms with E-state index in [4.69, 9.17) is 11.6 Å². The lowest BCUT2D eigenvalue weighted by Crippen LogP contribution is -2.39. The van der Waals surface area contributed by atoms with Crippen LogP contribution in [-0.4, -0.2) is 17.7 Å². The van der Waals surface area contributed by atoms with E-state index < -0.39 is 5.92 Å². The highest BCUT2D eigenvalue weighted by molar-refractivity contribution is 6.31. The summed E-state index contributed by atoms with van der Waals surface area (Å²) in [6.07, 6.45) is 0.156. The topological polar surface area (TPSA) is 87.3 Å².